The lowest BCUT2D eigenvalue weighted by Gasteiger charge is -2.51. The minimum absolute atomic E-state index is 0.590. The Morgan fingerprint density at radius 2 is 0.667 bits per heavy atom. The van der Waals surface area contributed by atoms with E-state index in [0.29, 0.717) is 0 Å². The smallest absolute Gasteiger partial charge is 0.0937 e. The van der Waals surface area contributed by atoms with Gasteiger partial charge in [0.05, 0.1) is 50.7 Å². The Bertz CT molecular complexity index is 2170. The summed E-state index contributed by atoms with van der Waals surface area (Å²) in [6, 6.07) is 41.9. The van der Waals surface area contributed by atoms with E-state index in [4.69, 9.17) is 19.9 Å². The highest BCUT2D eigenvalue weighted by atomic mass is 15.2. The topological polar surface area (TPSA) is 54.8 Å². The van der Waals surface area contributed by atoms with Gasteiger partial charge in [-0.15, -0.1) is 0 Å². The first-order valence-corrected chi connectivity index (χ1v) is 15.3. The zero-order valence-electron chi connectivity index (χ0n) is 24.0. The van der Waals surface area contributed by atoms with Crippen LogP contribution in [0.5, 0.6) is 0 Å². The monoisotopic (exact) mass is 573 g/mol. The summed E-state index contributed by atoms with van der Waals surface area (Å²) >= 11 is 0. The molecular weight excluding hydrogens is 550 g/mol. The summed E-state index contributed by atoms with van der Waals surface area (Å²) in [7, 11) is 0. The van der Waals surface area contributed by atoms with E-state index in [-0.39, 0.29) is 0 Å². The van der Waals surface area contributed by atoms with Gasteiger partial charge in [-0.05, 0) is 80.9 Å². The van der Waals surface area contributed by atoms with Crippen LogP contribution in [-0.4, -0.2) is 19.9 Å². The normalized spacial score (nSPS) is 15.9. The van der Waals surface area contributed by atoms with Crippen LogP contribution in [0.4, 0.5) is 17.1 Å². The van der Waals surface area contributed by atoms with Gasteiger partial charge in [-0.2, -0.15) is 0 Å². The Morgan fingerprint density at radius 1 is 0.333 bits per heavy atom. The van der Waals surface area contributed by atoms with Gasteiger partial charge in [0, 0.05) is 24.8 Å². The van der Waals surface area contributed by atoms with E-state index in [2.05, 4.69) is 120 Å². The molecule has 0 saturated carbocycles. The summed E-state index contributed by atoms with van der Waals surface area (Å²) in [5, 5.41) is 0. The first-order chi connectivity index (χ1) is 22.4. The van der Waals surface area contributed by atoms with Crippen molar-refractivity contribution in [3.8, 4) is 22.8 Å². The van der Waals surface area contributed by atoms with E-state index in [1.54, 1.807) is 0 Å². The van der Waals surface area contributed by atoms with E-state index in [9.17, 15) is 0 Å². The van der Waals surface area contributed by atoms with Gasteiger partial charge in [-0.1, -0.05) is 78.9 Å². The number of pyridine rings is 4. The maximum absolute atomic E-state index is 4.95. The van der Waals surface area contributed by atoms with Gasteiger partial charge in [0.1, 0.15) is 0 Å². The second kappa shape index (κ2) is 7.96. The molecular formula is C40H23N5. The standard InChI is InChI=1S/C40H23N5/c1-3-18-32-24(10-1)39(26-14-6-20-41-34(26)35-27(39)15-7-21-42-35)30-12-5-13-31-38(30)45(32)33-19-4-2-11-25(33)40(31)28-16-8-22-43-36(28)37-29(40)17-9-23-44-37/h1-23H. The number of rotatable bonds is 0. The first kappa shape index (κ1) is 23.5. The molecule has 0 fully saturated rings. The average Bonchev–Trinajstić information content (AvgIpc) is 3.57. The molecule has 2 aliphatic heterocycles. The molecule has 6 heterocycles. The number of aromatic nitrogens is 4. The van der Waals surface area contributed by atoms with Crippen LogP contribution in [0.3, 0.4) is 0 Å². The SMILES string of the molecule is c1ccc2c(c1)N1c3ccccc3C3(c4cccnc4-c4ncccc43)c3cccc(c31)C21c2cccnc2-c2ncccc21. The fourth-order valence-electron chi connectivity index (χ4n) is 9.06. The van der Waals surface area contributed by atoms with Gasteiger partial charge < -0.3 is 4.90 Å². The molecule has 0 N–H and O–H groups in total. The third kappa shape index (κ3) is 2.45. The molecule has 5 nitrogen and oxygen atoms in total. The molecule has 2 spiro atoms. The van der Waals surface area contributed by atoms with Crippen LogP contribution in [0.2, 0.25) is 0 Å². The van der Waals surface area contributed by atoms with Crippen molar-refractivity contribution < 1.29 is 0 Å². The number of anilines is 3. The summed E-state index contributed by atoms with van der Waals surface area (Å²) in [6.45, 7) is 0. The molecule has 4 aromatic heterocycles. The molecule has 11 rings (SSSR count). The van der Waals surface area contributed by atoms with Crippen LogP contribution < -0.4 is 4.90 Å². The Morgan fingerprint density at radius 3 is 1.07 bits per heavy atom. The summed E-state index contributed by atoms with van der Waals surface area (Å²) in [6.07, 6.45) is 7.54. The van der Waals surface area contributed by atoms with E-state index >= 15 is 0 Å². The summed E-state index contributed by atoms with van der Waals surface area (Å²) in [5.41, 5.74) is 15.8. The molecule has 3 aromatic carbocycles. The molecule has 2 aliphatic carbocycles. The molecule has 7 aromatic rings. The van der Waals surface area contributed by atoms with Crippen LogP contribution in [0.1, 0.15) is 44.5 Å². The minimum Gasteiger partial charge on any atom is -0.309 e. The molecule has 4 aliphatic rings. The quantitative estimate of drug-likeness (QED) is 0.184. The lowest BCUT2D eigenvalue weighted by molar-refractivity contribution is 0.705. The van der Waals surface area contributed by atoms with Gasteiger partial charge in [-0.25, -0.2) is 0 Å². The highest BCUT2D eigenvalue weighted by Crippen LogP contribution is 2.69. The van der Waals surface area contributed by atoms with E-state index in [0.717, 1.165) is 22.8 Å². The number of para-hydroxylation sites is 3. The van der Waals surface area contributed by atoms with Gasteiger partial charge >= 0.3 is 0 Å². The number of hydrogen-bond acceptors (Lipinski definition) is 5. The average molecular weight is 574 g/mol. The highest BCUT2D eigenvalue weighted by Gasteiger charge is 2.59. The molecule has 45 heavy (non-hydrogen) atoms. The lowest BCUT2D eigenvalue weighted by Crippen LogP contribution is -2.42. The Balaban J connectivity index is 1.38. The van der Waals surface area contributed by atoms with Crippen molar-refractivity contribution in [2.24, 2.45) is 0 Å². The predicted octanol–water partition coefficient (Wildman–Crippen LogP) is 8.09. The number of hydrogen-bond donors (Lipinski definition) is 0. The Kier molecular flexibility index (Phi) is 4.16. The van der Waals surface area contributed by atoms with Crippen LogP contribution in [0, 0.1) is 0 Å². The van der Waals surface area contributed by atoms with Crippen molar-refractivity contribution >= 4 is 17.1 Å². The lowest BCUT2D eigenvalue weighted by atomic mass is 9.59. The molecule has 0 saturated heterocycles. The van der Waals surface area contributed by atoms with Crippen molar-refractivity contribution in [1.29, 1.82) is 0 Å². The van der Waals surface area contributed by atoms with E-state index in [1.165, 1.54) is 61.6 Å². The molecule has 0 unspecified atom stereocenters. The maximum Gasteiger partial charge on any atom is 0.0937 e. The second-order valence-electron chi connectivity index (χ2n) is 12.2. The number of nitrogens with zero attached hydrogens (tertiary/aromatic N) is 5. The van der Waals surface area contributed by atoms with Crippen molar-refractivity contribution in [2.75, 3.05) is 4.90 Å². The largest absolute Gasteiger partial charge is 0.309 e. The fraction of sp³-hybridized carbons (Fsp3) is 0.0500. The molecule has 0 radical (unpaired) electrons. The van der Waals surface area contributed by atoms with Gasteiger partial charge in [0.2, 0.25) is 0 Å². The highest BCUT2D eigenvalue weighted by molar-refractivity contribution is 6.01. The summed E-state index contributed by atoms with van der Waals surface area (Å²) in [4.78, 5) is 22.3. The third-order valence-electron chi connectivity index (χ3n) is 10.5. The van der Waals surface area contributed by atoms with Crippen LogP contribution >= 0.6 is 0 Å². The van der Waals surface area contributed by atoms with Gasteiger partial charge in [0.25, 0.3) is 0 Å². The molecule has 5 heteroatoms. The van der Waals surface area contributed by atoms with E-state index in [1.807, 2.05) is 24.8 Å². The van der Waals surface area contributed by atoms with Crippen molar-refractivity contribution in [2.45, 2.75) is 10.8 Å². The van der Waals surface area contributed by atoms with Gasteiger partial charge in [0.15, 0.2) is 0 Å². The zero-order valence-corrected chi connectivity index (χ0v) is 24.0. The zero-order chi connectivity index (χ0) is 29.3. The number of fused-ring (bicyclic) bond motifs is 18. The molecule has 208 valence electrons. The third-order valence-corrected chi connectivity index (χ3v) is 10.5. The Hall–Kier alpha value is -5.94. The van der Waals surface area contributed by atoms with Crippen molar-refractivity contribution in [3.63, 3.8) is 0 Å². The summed E-state index contributed by atoms with van der Waals surface area (Å²) < 4.78 is 0. The van der Waals surface area contributed by atoms with Crippen molar-refractivity contribution in [3.05, 3.63) is 185 Å². The Labute approximate surface area is 259 Å². The second-order valence-corrected chi connectivity index (χ2v) is 12.2. The van der Waals surface area contributed by atoms with E-state index < -0.39 is 10.8 Å². The maximum atomic E-state index is 4.95. The molecule has 0 bridgehead atoms. The fourth-order valence-corrected chi connectivity index (χ4v) is 9.06. The van der Waals surface area contributed by atoms with Crippen LogP contribution in [0.25, 0.3) is 22.8 Å². The molecule has 0 atom stereocenters. The minimum atomic E-state index is -0.590. The summed E-state index contributed by atoms with van der Waals surface area (Å²) in [5.74, 6) is 0. The van der Waals surface area contributed by atoms with Crippen LogP contribution in [0.15, 0.2) is 140 Å². The first-order valence-electron chi connectivity index (χ1n) is 15.3. The van der Waals surface area contributed by atoms with Crippen LogP contribution in [-0.2, 0) is 10.8 Å². The number of benzene rings is 3. The van der Waals surface area contributed by atoms with Crippen molar-refractivity contribution in [1.82, 2.24) is 19.9 Å². The molecule has 0 amide bonds. The van der Waals surface area contributed by atoms with Gasteiger partial charge in [-0.3, -0.25) is 19.9 Å². The predicted molar refractivity (Wildman–Crippen MR) is 174 cm³/mol.